The molecule has 0 amide bonds. The molecule has 2 aromatic rings. The van der Waals surface area contributed by atoms with Crippen LogP contribution in [0.3, 0.4) is 0 Å². The summed E-state index contributed by atoms with van der Waals surface area (Å²) in [5, 5.41) is 14.8. The van der Waals surface area contributed by atoms with Crippen LogP contribution in [0.2, 0.25) is 0 Å². The predicted molar refractivity (Wildman–Crippen MR) is 75.4 cm³/mol. The van der Waals surface area contributed by atoms with Gasteiger partial charge in [-0.1, -0.05) is 17.8 Å². The van der Waals surface area contributed by atoms with Gasteiger partial charge in [-0.2, -0.15) is 0 Å². The highest BCUT2D eigenvalue weighted by Gasteiger charge is 2.13. The summed E-state index contributed by atoms with van der Waals surface area (Å²) in [4.78, 5) is 17.6. The molecule has 1 aromatic carbocycles. The van der Waals surface area contributed by atoms with Crippen molar-refractivity contribution in [3.05, 3.63) is 46.3 Å². The van der Waals surface area contributed by atoms with Gasteiger partial charge in [-0.3, -0.25) is 10.1 Å². The molecule has 0 aliphatic carbocycles. The smallest absolute Gasteiger partial charge is 0.292 e. The number of nitro groups is 1. The Morgan fingerprint density at radius 3 is 3.00 bits per heavy atom. The van der Waals surface area contributed by atoms with E-state index in [2.05, 4.69) is 15.3 Å². The standard InChI is InChI=1S/C12H14N4O2S/c1-2-13-10-7-9(3-4-11(10)16(17)18)8-19-12-14-5-6-15-12/h3-7,13H,2,8H2,1H3,(H,14,15). The Hall–Kier alpha value is -2.02. The van der Waals surface area contributed by atoms with Gasteiger partial charge in [0.1, 0.15) is 5.69 Å². The molecular weight excluding hydrogens is 264 g/mol. The van der Waals surface area contributed by atoms with E-state index in [1.807, 2.05) is 13.0 Å². The second kappa shape index (κ2) is 6.24. The van der Waals surface area contributed by atoms with E-state index in [-0.39, 0.29) is 10.6 Å². The number of imidazole rings is 1. The zero-order valence-electron chi connectivity index (χ0n) is 10.4. The maximum atomic E-state index is 10.9. The molecule has 0 spiro atoms. The number of hydrogen-bond donors (Lipinski definition) is 2. The van der Waals surface area contributed by atoms with Gasteiger partial charge in [0.15, 0.2) is 5.16 Å². The molecule has 0 atom stereocenters. The zero-order valence-corrected chi connectivity index (χ0v) is 11.2. The number of hydrogen-bond acceptors (Lipinski definition) is 5. The summed E-state index contributed by atoms with van der Waals surface area (Å²) >= 11 is 1.56. The third-order valence-corrected chi connectivity index (χ3v) is 3.45. The number of nitro benzene ring substituents is 1. The van der Waals surface area contributed by atoms with Crippen LogP contribution in [0.25, 0.3) is 0 Å². The SMILES string of the molecule is CCNc1cc(CSc2ncc[nH]2)ccc1[N+](=O)[O-]. The van der Waals surface area contributed by atoms with Crippen molar-refractivity contribution in [3.63, 3.8) is 0 Å². The number of thioether (sulfide) groups is 1. The lowest BCUT2D eigenvalue weighted by Crippen LogP contribution is -2.01. The fraction of sp³-hybridized carbons (Fsp3) is 0.250. The minimum Gasteiger partial charge on any atom is -0.380 e. The average molecular weight is 278 g/mol. The first kappa shape index (κ1) is 13.4. The number of rotatable bonds is 6. The van der Waals surface area contributed by atoms with E-state index in [9.17, 15) is 10.1 Å². The van der Waals surface area contributed by atoms with E-state index in [0.29, 0.717) is 18.0 Å². The second-order valence-corrected chi connectivity index (χ2v) is 4.79. The fourth-order valence-corrected chi connectivity index (χ4v) is 2.42. The van der Waals surface area contributed by atoms with Crippen molar-refractivity contribution in [2.75, 3.05) is 11.9 Å². The van der Waals surface area contributed by atoms with Crippen LogP contribution >= 0.6 is 11.8 Å². The molecule has 6 nitrogen and oxygen atoms in total. The highest BCUT2D eigenvalue weighted by atomic mass is 32.2. The Kier molecular flexibility index (Phi) is 4.40. The molecule has 0 aliphatic heterocycles. The quantitative estimate of drug-likeness (QED) is 0.482. The summed E-state index contributed by atoms with van der Waals surface area (Å²) in [6, 6.07) is 5.13. The molecule has 0 saturated carbocycles. The summed E-state index contributed by atoms with van der Waals surface area (Å²) in [6.07, 6.45) is 3.46. The summed E-state index contributed by atoms with van der Waals surface area (Å²) in [5.41, 5.74) is 1.68. The van der Waals surface area contributed by atoms with Gasteiger partial charge in [-0.05, 0) is 18.6 Å². The topological polar surface area (TPSA) is 83.8 Å². The average Bonchev–Trinajstić information content (AvgIpc) is 2.90. The predicted octanol–water partition coefficient (Wildman–Crippen LogP) is 3.04. The molecule has 2 rings (SSSR count). The highest BCUT2D eigenvalue weighted by molar-refractivity contribution is 7.98. The van der Waals surface area contributed by atoms with Gasteiger partial charge in [-0.15, -0.1) is 0 Å². The lowest BCUT2D eigenvalue weighted by Gasteiger charge is -2.07. The lowest BCUT2D eigenvalue weighted by molar-refractivity contribution is -0.384. The highest BCUT2D eigenvalue weighted by Crippen LogP contribution is 2.28. The third kappa shape index (κ3) is 3.47. The third-order valence-electron chi connectivity index (χ3n) is 2.47. The van der Waals surface area contributed by atoms with Crippen LogP contribution in [0, 0.1) is 10.1 Å². The molecule has 0 fully saturated rings. The molecule has 19 heavy (non-hydrogen) atoms. The molecule has 0 saturated heterocycles. The molecule has 0 radical (unpaired) electrons. The number of H-pyrrole nitrogens is 1. The first-order valence-electron chi connectivity index (χ1n) is 5.84. The Morgan fingerprint density at radius 1 is 1.53 bits per heavy atom. The van der Waals surface area contributed by atoms with Crippen molar-refractivity contribution >= 4 is 23.1 Å². The Labute approximate surface area is 114 Å². The van der Waals surface area contributed by atoms with E-state index >= 15 is 0 Å². The first-order valence-corrected chi connectivity index (χ1v) is 6.82. The summed E-state index contributed by atoms with van der Waals surface area (Å²) in [5.74, 6) is 0.712. The van der Waals surface area contributed by atoms with Crippen molar-refractivity contribution in [2.24, 2.45) is 0 Å². The molecule has 0 unspecified atom stereocenters. The maximum Gasteiger partial charge on any atom is 0.292 e. The summed E-state index contributed by atoms with van der Waals surface area (Å²) in [6.45, 7) is 2.56. The van der Waals surface area contributed by atoms with Crippen LogP contribution in [-0.2, 0) is 5.75 Å². The Morgan fingerprint density at radius 2 is 2.37 bits per heavy atom. The molecule has 7 heteroatoms. The number of benzene rings is 1. The van der Waals surface area contributed by atoms with E-state index < -0.39 is 0 Å². The van der Waals surface area contributed by atoms with E-state index in [0.717, 1.165) is 10.7 Å². The molecule has 0 aliphatic rings. The van der Waals surface area contributed by atoms with Gasteiger partial charge in [0, 0.05) is 30.8 Å². The van der Waals surface area contributed by atoms with Gasteiger partial charge in [0.2, 0.25) is 0 Å². The van der Waals surface area contributed by atoms with Gasteiger partial charge in [-0.25, -0.2) is 4.98 Å². The van der Waals surface area contributed by atoms with Gasteiger partial charge < -0.3 is 10.3 Å². The summed E-state index contributed by atoms with van der Waals surface area (Å²) < 4.78 is 0. The number of anilines is 1. The lowest BCUT2D eigenvalue weighted by atomic mass is 10.2. The largest absolute Gasteiger partial charge is 0.380 e. The summed E-state index contributed by atoms with van der Waals surface area (Å²) in [7, 11) is 0. The van der Waals surface area contributed by atoms with Gasteiger partial charge in [0.25, 0.3) is 5.69 Å². The van der Waals surface area contributed by atoms with Crippen LogP contribution in [-0.4, -0.2) is 21.4 Å². The molecule has 100 valence electrons. The number of aromatic nitrogens is 2. The van der Waals surface area contributed by atoms with Crippen molar-refractivity contribution in [1.82, 2.24) is 9.97 Å². The van der Waals surface area contributed by atoms with Crippen molar-refractivity contribution in [3.8, 4) is 0 Å². The number of aromatic amines is 1. The van der Waals surface area contributed by atoms with Crippen molar-refractivity contribution in [2.45, 2.75) is 17.8 Å². The van der Waals surface area contributed by atoms with Crippen molar-refractivity contribution < 1.29 is 4.92 Å². The minimum absolute atomic E-state index is 0.105. The van der Waals surface area contributed by atoms with Crippen LogP contribution < -0.4 is 5.32 Å². The van der Waals surface area contributed by atoms with Crippen molar-refractivity contribution in [1.29, 1.82) is 0 Å². The minimum atomic E-state index is -0.374. The van der Waals surface area contributed by atoms with Gasteiger partial charge in [0.05, 0.1) is 4.92 Å². The van der Waals surface area contributed by atoms with Crippen LogP contribution in [0.1, 0.15) is 12.5 Å². The Bertz CT molecular complexity index is 557. The normalized spacial score (nSPS) is 10.4. The van der Waals surface area contributed by atoms with E-state index in [4.69, 9.17) is 0 Å². The maximum absolute atomic E-state index is 10.9. The molecule has 0 bridgehead atoms. The fourth-order valence-electron chi connectivity index (χ4n) is 1.65. The van der Waals surface area contributed by atoms with Crippen LogP contribution in [0.5, 0.6) is 0 Å². The monoisotopic (exact) mass is 278 g/mol. The molecule has 1 aromatic heterocycles. The molecule has 1 heterocycles. The number of nitrogens with one attached hydrogen (secondary N) is 2. The van der Waals surface area contributed by atoms with Crippen LogP contribution in [0.15, 0.2) is 35.7 Å². The first-order chi connectivity index (χ1) is 9.20. The van der Waals surface area contributed by atoms with Crippen LogP contribution in [0.4, 0.5) is 11.4 Å². The van der Waals surface area contributed by atoms with E-state index in [1.165, 1.54) is 6.07 Å². The van der Waals surface area contributed by atoms with Gasteiger partial charge >= 0.3 is 0 Å². The van der Waals surface area contributed by atoms with E-state index in [1.54, 1.807) is 30.2 Å². The Balaban J connectivity index is 2.13. The molecular formula is C12H14N4O2S. The number of nitrogens with zero attached hydrogens (tertiary/aromatic N) is 2. The zero-order chi connectivity index (χ0) is 13.7. The second-order valence-electron chi connectivity index (χ2n) is 3.82. The molecule has 2 N–H and O–H groups in total.